The maximum Gasteiger partial charge on any atom is 0.161 e. The van der Waals surface area contributed by atoms with E-state index in [0.29, 0.717) is 13.2 Å². The number of ether oxygens (including phenoxy) is 3. The number of hydrogen-bond donors (Lipinski definition) is 0. The van der Waals surface area contributed by atoms with Crippen LogP contribution in [-0.2, 0) is 11.3 Å². The van der Waals surface area contributed by atoms with Gasteiger partial charge in [-0.05, 0) is 30.2 Å². The quantitative estimate of drug-likeness (QED) is 0.754. The third kappa shape index (κ3) is 3.52. The topological polar surface area (TPSA) is 31.0 Å². The average molecular weight is 270 g/mol. The number of aryl methyl sites for hydroxylation is 1. The Kier molecular flexibility index (Phi) is 3.88. The van der Waals surface area contributed by atoms with Crippen molar-refractivity contribution in [2.24, 2.45) is 0 Å². The van der Waals surface area contributed by atoms with Gasteiger partial charge in [-0.15, -0.1) is 0 Å². The van der Waals surface area contributed by atoms with Crippen LogP contribution in [0.2, 0.25) is 0 Å². The molecule has 3 heteroatoms. The Morgan fingerprint density at radius 1 is 1.05 bits per heavy atom. The van der Waals surface area contributed by atoms with E-state index in [9.17, 15) is 0 Å². The van der Waals surface area contributed by atoms with E-state index in [1.54, 1.807) is 0 Å². The van der Waals surface area contributed by atoms with Gasteiger partial charge >= 0.3 is 0 Å². The van der Waals surface area contributed by atoms with Crippen molar-refractivity contribution >= 4 is 0 Å². The second-order valence-corrected chi connectivity index (χ2v) is 4.99. The predicted molar refractivity (Wildman–Crippen MR) is 77.2 cm³/mol. The van der Waals surface area contributed by atoms with Gasteiger partial charge in [-0.1, -0.05) is 36.4 Å². The van der Waals surface area contributed by atoms with Crippen LogP contribution in [0, 0.1) is 6.92 Å². The van der Waals surface area contributed by atoms with E-state index in [2.05, 4.69) is 0 Å². The molecule has 3 nitrogen and oxygen atoms in total. The van der Waals surface area contributed by atoms with Crippen LogP contribution >= 0.6 is 0 Å². The standard InChI is InChI=1S/C17H18O3/c1-13-7-8-16(20-12-15-11-18-15)17(9-13)19-10-14-5-3-2-4-6-14/h2-9,15H,10-12H2,1H3. The Bertz CT molecular complexity index is 562. The van der Waals surface area contributed by atoms with Gasteiger partial charge < -0.3 is 14.2 Å². The van der Waals surface area contributed by atoms with Crippen LogP contribution in [-0.4, -0.2) is 19.3 Å². The van der Waals surface area contributed by atoms with Crippen molar-refractivity contribution in [2.75, 3.05) is 13.2 Å². The zero-order valence-corrected chi connectivity index (χ0v) is 11.5. The lowest BCUT2D eigenvalue weighted by Crippen LogP contribution is -2.06. The zero-order chi connectivity index (χ0) is 13.8. The first-order valence-electron chi connectivity index (χ1n) is 6.83. The Morgan fingerprint density at radius 2 is 1.85 bits per heavy atom. The third-order valence-corrected chi connectivity index (χ3v) is 3.16. The minimum atomic E-state index is 0.248. The van der Waals surface area contributed by atoms with E-state index < -0.39 is 0 Å². The monoisotopic (exact) mass is 270 g/mol. The molecule has 1 atom stereocenters. The first kappa shape index (κ1) is 13.0. The minimum Gasteiger partial charge on any atom is -0.487 e. The second-order valence-electron chi connectivity index (χ2n) is 4.99. The van der Waals surface area contributed by atoms with E-state index >= 15 is 0 Å². The molecule has 104 valence electrons. The lowest BCUT2D eigenvalue weighted by atomic mass is 10.2. The Labute approximate surface area is 119 Å². The summed E-state index contributed by atoms with van der Waals surface area (Å²) in [7, 11) is 0. The molecule has 1 aliphatic heterocycles. The highest BCUT2D eigenvalue weighted by atomic mass is 16.6. The minimum absolute atomic E-state index is 0.248. The molecule has 0 spiro atoms. The van der Waals surface area contributed by atoms with Crippen LogP contribution in [0.1, 0.15) is 11.1 Å². The molecule has 0 radical (unpaired) electrons. The fraction of sp³-hybridized carbons (Fsp3) is 0.294. The second kappa shape index (κ2) is 5.97. The molecule has 20 heavy (non-hydrogen) atoms. The fourth-order valence-electron chi connectivity index (χ4n) is 1.93. The summed E-state index contributed by atoms with van der Waals surface area (Å²) in [4.78, 5) is 0. The lowest BCUT2D eigenvalue weighted by molar-refractivity contribution is 0.238. The van der Waals surface area contributed by atoms with Crippen molar-refractivity contribution < 1.29 is 14.2 Å². The van der Waals surface area contributed by atoms with Gasteiger partial charge in [-0.25, -0.2) is 0 Å². The van der Waals surface area contributed by atoms with Crippen LogP contribution < -0.4 is 9.47 Å². The van der Waals surface area contributed by atoms with Crippen LogP contribution in [0.5, 0.6) is 11.5 Å². The van der Waals surface area contributed by atoms with Crippen LogP contribution in [0.25, 0.3) is 0 Å². The van der Waals surface area contributed by atoms with Gasteiger partial charge in [0.05, 0.1) is 6.61 Å². The number of hydrogen-bond acceptors (Lipinski definition) is 3. The molecule has 1 fully saturated rings. The number of rotatable bonds is 6. The van der Waals surface area contributed by atoms with Crippen LogP contribution in [0.15, 0.2) is 48.5 Å². The van der Waals surface area contributed by atoms with E-state index in [1.165, 1.54) is 0 Å². The summed E-state index contributed by atoms with van der Waals surface area (Å²) in [5, 5.41) is 0. The van der Waals surface area contributed by atoms with Gasteiger partial charge in [0, 0.05) is 0 Å². The Hall–Kier alpha value is -2.00. The fourth-order valence-corrected chi connectivity index (χ4v) is 1.93. The first-order valence-corrected chi connectivity index (χ1v) is 6.83. The number of epoxide rings is 1. The van der Waals surface area contributed by atoms with Crippen LogP contribution in [0.3, 0.4) is 0 Å². The van der Waals surface area contributed by atoms with Crippen molar-refractivity contribution in [2.45, 2.75) is 19.6 Å². The summed E-state index contributed by atoms with van der Waals surface area (Å²) in [5.74, 6) is 1.57. The molecule has 2 aromatic rings. The van der Waals surface area contributed by atoms with Crippen molar-refractivity contribution in [1.29, 1.82) is 0 Å². The molecule has 0 aliphatic carbocycles. The smallest absolute Gasteiger partial charge is 0.161 e. The summed E-state index contributed by atoms with van der Waals surface area (Å²) in [6.07, 6.45) is 0.248. The molecule has 1 heterocycles. The van der Waals surface area contributed by atoms with Crippen molar-refractivity contribution in [3.63, 3.8) is 0 Å². The first-order chi connectivity index (χ1) is 9.81. The van der Waals surface area contributed by atoms with Gasteiger partial charge in [-0.3, -0.25) is 0 Å². The summed E-state index contributed by atoms with van der Waals surface area (Å²) < 4.78 is 16.8. The molecule has 1 saturated heterocycles. The summed E-state index contributed by atoms with van der Waals surface area (Å²) in [5.41, 5.74) is 2.30. The normalized spacial score (nSPS) is 16.8. The Balaban J connectivity index is 1.67. The average Bonchev–Trinajstić information content (AvgIpc) is 3.29. The molecule has 3 rings (SSSR count). The highest BCUT2D eigenvalue weighted by Gasteiger charge is 2.23. The number of benzene rings is 2. The van der Waals surface area contributed by atoms with Crippen molar-refractivity contribution in [1.82, 2.24) is 0 Å². The van der Waals surface area contributed by atoms with E-state index in [-0.39, 0.29) is 6.10 Å². The molecule has 1 aliphatic rings. The van der Waals surface area contributed by atoms with Gasteiger partial charge in [0.1, 0.15) is 19.3 Å². The lowest BCUT2D eigenvalue weighted by Gasteiger charge is -2.13. The molecular formula is C17H18O3. The summed E-state index contributed by atoms with van der Waals surface area (Å²) >= 11 is 0. The molecule has 0 amide bonds. The maximum absolute atomic E-state index is 5.89. The largest absolute Gasteiger partial charge is 0.487 e. The third-order valence-electron chi connectivity index (χ3n) is 3.16. The zero-order valence-electron chi connectivity index (χ0n) is 11.5. The highest BCUT2D eigenvalue weighted by molar-refractivity contribution is 5.42. The molecule has 0 N–H and O–H groups in total. The summed E-state index contributed by atoms with van der Waals surface area (Å²) in [6, 6.07) is 16.1. The van der Waals surface area contributed by atoms with Gasteiger partial charge in [0.2, 0.25) is 0 Å². The molecule has 0 bridgehead atoms. The van der Waals surface area contributed by atoms with Gasteiger partial charge in [-0.2, -0.15) is 0 Å². The highest BCUT2D eigenvalue weighted by Crippen LogP contribution is 2.29. The van der Waals surface area contributed by atoms with Crippen molar-refractivity contribution in [3.8, 4) is 11.5 Å². The van der Waals surface area contributed by atoms with Gasteiger partial charge in [0.25, 0.3) is 0 Å². The molecule has 0 saturated carbocycles. The Morgan fingerprint density at radius 3 is 2.60 bits per heavy atom. The molecule has 1 unspecified atom stereocenters. The van der Waals surface area contributed by atoms with E-state index in [4.69, 9.17) is 14.2 Å². The molecule has 2 aromatic carbocycles. The maximum atomic E-state index is 5.89. The van der Waals surface area contributed by atoms with E-state index in [1.807, 2.05) is 55.5 Å². The summed E-state index contributed by atoms with van der Waals surface area (Å²) in [6.45, 7) is 3.97. The predicted octanol–water partition coefficient (Wildman–Crippen LogP) is 3.35. The van der Waals surface area contributed by atoms with E-state index in [0.717, 1.165) is 29.2 Å². The molecule has 0 aromatic heterocycles. The SMILES string of the molecule is Cc1ccc(OCC2CO2)c(OCc2ccccc2)c1. The van der Waals surface area contributed by atoms with Crippen molar-refractivity contribution in [3.05, 3.63) is 59.7 Å². The molecular weight excluding hydrogens is 252 g/mol. The van der Waals surface area contributed by atoms with Gasteiger partial charge in [0.15, 0.2) is 11.5 Å². The van der Waals surface area contributed by atoms with Crippen LogP contribution in [0.4, 0.5) is 0 Å².